The lowest BCUT2D eigenvalue weighted by Gasteiger charge is -2.20. The van der Waals surface area contributed by atoms with Crippen LogP contribution in [0, 0.1) is 0 Å². The van der Waals surface area contributed by atoms with Gasteiger partial charge in [0.15, 0.2) is 0 Å². The SMILES string of the molecule is CCc1cc(CNC(C)C)cc(N(C)CCOC)n1. The van der Waals surface area contributed by atoms with Gasteiger partial charge in [0, 0.05) is 39.0 Å². The van der Waals surface area contributed by atoms with E-state index in [4.69, 9.17) is 4.74 Å². The lowest BCUT2D eigenvalue weighted by molar-refractivity contribution is 0.206. The summed E-state index contributed by atoms with van der Waals surface area (Å²) >= 11 is 0. The second kappa shape index (κ2) is 8.12. The summed E-state index contributed by atoms with van der Waals surface area (Å²) in [6, 6.07) is 4.83. The van der Waals surface area contributed by atoms with Crippen molar-refractivity contribution in [1.29, 1.82) is 0 Å². The molecule has 0 saturated heterocycles. The summed E-state index contributed by atoms with van der Waals surface area (Å²) in [5.41, 5.74) is 2.43. The molecule has 0 spiro atoms. The number of aryl methyl sites for hydroxylation is 1. The minimum Gasteiger partial charge on any atom is -0.383 e. The molecule has 0 atom stereocenters. The number of aromatic nitrogens is 1. The molecule has 0 aliphatic carbocycles. The van der Waals surface area contributed by atoms with E-state index in [1.54, 1.807) is 7.11 Å². The molecule has 0 saturated carbocycles. The minimum absolute atomic E-state index is 0.493. The van der Waals surface area contributed by atoms with Crippen LogP contribution in [0.3, 0.4) is 0 Å². The van der Waals surface area contributed by atoms with Crippen LogP contribution in [0.25, 0.3) is 0 Å². The molecule has 0 radical (unpaired) electrons. The molecule has 19 heavy (non-hydrogen) atoms. The van der Waals surface area contributed by atoms with E-state index in [0.717, 1.165) is 31.0 Å². The molecule has 1 aromatic rings. The zero-order chi connectivity index (χ0) is 14.3. The van der Waals surface area contributed by atoms with Crippen molar-refractivity contribution >= 4 is 5.82 Å². The van der Waals surface area contributed by atoms with Crippen LogP contribution in [0.1, 0.15) is 32.0 Å². The molecule has 0 aliphatic rings. The van der Waals surface area contributed by atoms with Gasteiger partial charge in [-0.05, 0) is 24.1 Å². The van der Waals surface area contributed by atoms with Gasteiger partial charge in [-0.2, -0.15) is 0 Å². The zero-order valence-corrected chi connectivity index (χ0v) is 12.9. The first-order chi connectivity index (χ1) is 9.06. The first kappa shape index (κ1) is 15.9. The number of nitrogens with zero attached hydrogens (tertiary/aromatic N) is 2. The Hall–Kier alpha value is -1.13. The van der Waals surface area contributed by atoms with Crippen molar-refractivity contribution in [3.05, 3.63) is 23.4 Å². The average Bonchev–Trinajstić information content (AvgIpc) is 2.42. The topological polar surface area (TPSA) is 37.4 Å². The first-order valence-corrected chi connectivity index (χ1v) is 7.00. The molecule has 0 bridgehead atoms. The number of hydrogen-bond acceptors (Lipinski definition) is 4. The minimum atomic E-state index is 0.493. The summed E-state index contributed by atoms with van der Waals surface area (Å²) in [5, 5.41) is 3.45. The highest BCUT2D eigenvalue weighted by molar-refractivity contribution is 5.42. The maximum Gasteiger partial charge on any atom is 0.128 e. The van der Waals surface area contributed by atoms with E-state index in [-0.39, 0.29) is 0 Å². The molecule has 0 unspecified atom stereocenters. The Bertz CT molecular complexity index is 380. The Morgan fingerprint density at radius 1 is 1.37 bits per heavy atom. The van der Waals surface area contributed by atoms with Crippen molar-refractivity contribution in [1.82, 2.24) is 10.3 Å². The van der Waals surface area contributed by atoms with Crippen molar-refractivity contribution in [3.63, 3.8) is 0 Å². The highest BCUT2D eigenvalue weighted by Gasteiger charge is 2.07. The predicted molar refractivity (Wildman–Crippen MR) is 80.7 cm³/mol. The molecule has 0 aromatic carbocycles. The number of likely N-dealkylation sites (N-methyl/N-ethyl adjacent to an activating group) is 1. The van der Waals surface area contributed by atoms with Crippen molar-refractivity contribution in [3.8, 4) is 0 Å². The molecular weight excluding hydrogens is 238 g/mol. The molecule has 108 valence electrons. The van der Waals surface area contributed by atoms with Gasteiger partial charge in [0.05, 0.1) is 6.61 Å². The molecule has 0 amide bonds. The number of pyridine rings is 1. The van der Waals surface area contributed by atoms with E-state index in [1.165, 1.54) is 5.56 Å². The van der Waals surface area contributed by atoms with Crippen LogP contribution >= 0.6 is 0 Å². The number of ether oxygens (including phenoxy) is 1. The largest absolute Gasteiger partial charge is 0.383 e. The fourth-order valence-electron chi connectivity index (χ4n) is 1.78. The smallest absolute Gasteiger partial charge is 0.128 e. The summed E-state index contributed by atoms with van der Waals surface area (Å²) in [6.45, 7) is 8.92. The van der Waals surface area contributed by atoms with Gasteiger partial charge in [-0.15, -0.1) is 0 Å². The number of hydrogen-bond donors (Lipinski definition) is 1. The number of nitrogens with one attached hydrogen (secondary N) is 1. The summed E-state index contributed by atoms with van der Waals surface area (Å²) < 4.78 is 5.12. The third-order valence-corrected chi connectivity index (χ3v) is 3.02. The predicted octanol–water partition coefficient (Wildman–Crippen LogP) is 2.22. The van der Waals surface area contributed by atoms with Gasteiger partial charge in [0.1, 0.15) is 5.82 Å². The number of methoxy groups -OCH3 is 1. The third kappa shape index (κ3) is 5.57. The van der Waals surface area contributed by atoms with Crippen LogP contribution in [0.5, 0.6) is 0 Å². The van der Waals surface area contributed by atoms with Crippen molar-refractivity contribution in [2.75, 3.05) is 32.2 Å². The van der Waals surface area contributed by atoms with E-state index in [2.05, 4.69) is 55.2 Å². The molecule has 1 rings (SSSR count). The Morgan fingerprint density at radius 2 is 2.11 bits per heavy atom. The Kier molecular flexibility index (Phi) is 6.81. The van der Waals surface area contributed by atoms with Crippen LogP contribution < -0.4 is 10.2 Å². The van der Waals surface area contributed by atoms with Crippen LogP contribution in [0.15, 0.2) is 12.1 Å². The number of anilines is 1. The van der Waals surface area contributed by atoms with Crippen LogP contribution in [-0.2, 0) is 17.7 Å². The van der Waals surface area contributed by atoms with E-state index >= 15 is 0 Å². The highest BCUT2D eigenvalue weighted by Crippen LogP contribution is 2.14. The molecule has 1 aromatic heterocycles. The lowest BCUT2D eigenvalue weighted by Crippen LogP contribution is -2.25. The quantitative estimate of drug-likeness (QED) is 0.782. The normalized spacial score (nSPS) is 11.1. The molecule has 1 heterocycles. The van der Waals surface area contributed by atoms with Crippen molar-refractivity contribution in [2.45, 2.75) is 39.8 Å². The van der Waals surface area contributed by atoms with E-state index in [9.17, 15) is 0 Å². The Morgan fingerprint density at radius 3 is 2.68 bits per heavy atom. The maximum atomic E-state index is 5.12. The van der Waals surface area contributed by atoms with E-state index in [1.807, 2.05) is 0 Å². The third-order valence-electron chi connectivity index (χ3n) is 3.02. The second-order valence-corrected chi connectivity index (χ2v) is 5.13. The van der Waals surface area contributed by atoms with Gasteiger partial charge in [0.2, 0.25) is 0 Å². The second-order valence-electron chi connectivity index (χ2n) is 5.13. The maximum absolute atomic E-state index is 5.12. The zero-order valence-electron chi connectivity index (χ0n) is 12.9. The monoisotopic (exact) mass is 265 g/mol. The Labute approximate surface area is 117 Å². The van der Waals surface area contributed by atoms with Crippen LogP contribution in [0.4, 0.5) is 5.82 Å². The fraction of sp³-hybridized carbons (Fsp3) is 0.667. The molecule has 4 nitrogen and oxygen atoms in total. The first-order valence-electron chi connectivity index (χ1n) is 7.00. The molecular formula is C15H27N3O. The van der Waals surface area contributed by atoms with Gasteiger partial charge in [-0.25, -0.2) is 4.98 Å². The lowest BCUT2D eigenvalue weighted by atomic mass is 10.2. The van der Waals surface area contributed by atoms with Gasteiger partial charge in [0.25, 0.3) is 0 Å². The van der Waals surface area contributed by atoms with Gasteiger partial charge in [-0.3, -0.25) is 0 Å². The number of rotatable bonds is 8. The van der Waals surface area contributed by atoms with Crippen molar-refractivity contribution in [2.24, 2.45) is 0 Å². The highest BCUT2D eigenvalue weighted by atomic mass is 16.5. The molecule has 0 aliphatic heterocycles. The molecule has 0 fully saturated rings. The standard InChI is InChI=1S/C15H27N3O/c1-6-14-9-13(11-16-12(2)3)10-15(17-14)18(4)7-8-19-5/h9-10,12,16H,6-8,11H2,1-5H3. The van der Waals surface area contributed by atoms with Gasteiger partial charge < -0.3 is 15.0 Å². The Balaban J connectivity index is 2.82. The summed E-state index contributed by atoms with van der Waals surface area (Å²) in [5.74, 6) is 1.02. The molecule has 4 heteroatoms. The molecule has 1 N–H and O–H groups in total. The summed E-state index contributed by atoms with van der Waals surface area (Å²) in [4.78, 5) is 6.81. The van der Waals surface area contributed by atoms with Crippen molar-refractivity contribution < 1.29 is 4.74 Å². The average molecular weight is 265 g/mol. The van der Waals surface area contributed by atoms with E-state index in [0.29, 0.717) is 12.6 Å². The van der Waals surface area contributed by atoms with Crippen LogP contribution in [0.2, 0.25) is 0 Å². The fourth-order valence-corrected chi connectivity index (χ4v) is 1.78. The summed E-state index contributed by atoms with van der Waals surface area (Å²) in [6.07, 6.45) is 0.959. The van der Waals surface area contributed by atoms with Gasteiger partial charge in [-0.1, -0.05) is 20.8 Å². The van der Waals surface area contributed by atoms with Crippen LogP contribution in [-0.4, -0.2) is 38.3 Å². The van der Waals surface area contributed by atoms with Gasteiger partial charge >= 0.3 is 0 Å². The summed E-state index contributed by atoms with van der Waals surface area (Å²) in [7, 11) is 3.78. The van der Waals surface area contributed by atoms with E-state index < -0.39 is 0 Å².